The minimum absolute atomic E-state index is 0.0484. The number of phenolic OH excluding ortho intramolecular Hbond substituents is 1. The summed E-state index contributed by atoms with van der Waals surface area (Å²) < 4.78 is 5.47. The molecule has 2 aromatic carbocycles. The lowest BCUT2D eigenvalue weighted by molar-refractivity contribution is 0.102. The number of phenols is 1. The molecule has 0 saturated heterocycles. The molecule has 0 aromatic heterocycles. The van der Waals surface area contributed by atoms with Crippen molar-refractivity contribution in [3.05, 3.63) is 47.0 Å². The first-order valence-electron chi connectivity index (χ1n) is 8.29. The third-order valence-electron chi connectivity index (χ3n) is 3.94. The summed E-state index contributed by atoms with van der Waals surface area (Å²) in [6, 6.07) is 8.54. The van der Waals surface area contributed by atoms with Crippen molar-refractivity contribution in [3.8, 4) is 11.5 Å². The van der Waals surface area contributed by atoms with Crippen LogP contribution in [0.3, 0.4) is 0 Å². The molecule has 0 aliphatic heterocycles. The predicted octanol–water partition coefficient (Wildman–Crippen LogP) is 4.23. The van der Waals surface area contributed by atoms with Crippen molar-refractivity contribution in [1.82, 2.24) is 0 Å². The first kappa shape index (κ1) is 19.6. The molecule has 3 N–H and O–H groups in total. The Bertz CT molecular complexity index is 790. The number of ether oxygens (including phenoxy) is 1. The van der Waals surface area contributed by atoms with Gasteiger partial charge in [-0.1, -0.05) is 20.8 Å². The highest BCUT2D eigenvalue weighted by Gasteiger charge is 2.21. The van der Waals surface area contributed by atoms with Crippen LogP contribution in [0.1, 0.15) is 42.3 Å². The molecule has 140 valence electrons. The Kier molecular flexibility index (Phi) is 5.77. The van der Waals surface area contributed by atoms with Crippen molar-refractivity contribution in [2.75, 3.05) is 25.0 Å². The largest absolute Gasteiger partial charge is 0.508 e. The molecule has 6 heteroatoms. The molecule has 2 rings (SSSR count). The Labute approximate surface area is 154 Å². The highest BCUT2D eigenvalue weighted by molar-refractivity contribution is 6.06. The van der Waals surface area contributed by atoms with E-state index in [2.05, 4.69) is 31.6 Å². The molecular formula is C20H26N2O4. The number of hydrogen-bond acceptors (Lipinski definition) is 5. The van der Waals surface area contributed by atoms with Gasteiger partial charge in [0, 0.05) is 5.56 Å². The van der Waals surface area contributed by atoms with E-state index in [1.165, 1.54) is 20.3 Å². The molecule has 0 fully saturated rings. The zero-order valence-electron chi connectivity index (χ0n) is 16.1. The van der Waals surface area contributed by atoms with E-state index in [0.717, 1.165) is 11.1 Å². The number of amides is 1. The number of hydrogen-bond donors (Lipinski definition) is 3. The van der Waals surface area contributed by atoms with Crippen molar-refractivity contribution in [2.24, 2.45) is 0 Å². The van der Waals surface area contributed by atoms with Crippen LogP contribution in [0.25, 0.3) is 0 Å². The summed E-state index contributed by atoms with van der Waals surface area (Å²) in [6.45, 7) is 8.05. The standard InChI is InChI=1S/C20H26N2O4/c1-12-7-13(9-15(23)8-12)19(24)21-16-10-14(20(2,3)4)11-17(22-26-6)18(16)25-5/h7-11,22-23H,1-6H3,(H,21,24). The van der Waals surface area contributed by atoms with Crippen molar-refractivity contribution in [1.29, 1.82) is 0 Å². The van der Waals surface area contributed by atoms with E-state index in [-0.39, 0.29) is 17.1 Å². The summed E-state index contributed by atoms with van der Waals surface area (Å²) in [5.74, 6) is 0.175. The van der Waals surface area contributed by atoms with Gasteiger partial charge in [0.05, 0.1) is 19.9 Å². The summed E-state index contributed by atoms with van der Waals surface area (Å²) in [5, 5.41) is 12.6. The number of carbonyl (C=O) groups is 1. The summed E-state index contributed by atoms with van der Waals surface area (Å²) in [7, 11) is 3.04. The van der Waals surface area contributed by atoms with Crippen molar-refractivity contribution >= 4 is 17.3 Å². The number of anilines is 2. The summed E-state index contributed by atoms with van der Waals surface area (Å²) in [6.07, 6.45) is 0. The minimum atomic E-state index is -0.336. The molecule has 0 heterocycles. The second kappa shape index (κ2) is 7.66. The maximum Gasteiger partial charge on any atom is 0.255 e. The minimum Gasteiger partial charge on any atom is -0.508 e. The Balaban J connectivity index is 2.49. The SMILES string of the molecule is CONc1cc(C(C)(C)C)cc(NC(=O)c2cc(C)cc(O)c2)c1OC. The Morgan fingerprint density at radius 1 is 1.04 bits per heavy atom. The normalized spacial score (nSPS) is 11.2. The highest BCUT2D eigenvalue weighted by atomic mass is 16.6. The van der Waals surface area contributed by atoms with Gasteiger partial charge in [0.1, 0.15) is 11.4 Å². The van der Waals surface area contributed by atoms with Gasteiger partial charge in [0.15, 0.2) is 5.75 Å². The van der Waals surface area contributed by atoms with Crippen molar-refractivity contribution in [3.63, 3.8) is 0 Å². The van der Waals surface area contributed by atoms with Gasteiger partial charge in [-0.15, -0.1) is 0 Å². The number of carbonyl (C=O) groups excluding carboxylic acids is 1. The second-order valence-corrected chi connectivity index (χ2v) is 7.17. The molecule has 0 atom stereocenters. The number of rotatable bonds is 5. The third-order valence-corrected chi connectivity index (χ3v) is 3.94. The first-order valence-corrected chi connectivity index (χ1v) is 8.29. The van der Waals surface area contributed by atoms with Gasteiger partial charge in [-0.2, -0.15) is 0 Å². The molecule has 0 spiro atoms. The van der Waals surface area contributed by atoms with Gasteiger partial charge in [0.2, 0.25) is 0 Å². The zero-order chi connectivity index (χ0) is 19.5. The summed E-state index contributed by atoms with van der Waals surface area (Å²) >= 11 is 0. The molecule has 1 amide bonds. The number of benzene rings is 2. The molecule has 26 heavy (non-hydrogen) atoms. The molecule has 0 radical (unpaired) electrons. The van der Waals surface area contributed by atoms with Crippen LogP contribution in [0.4, 0.5) is 11.4 Å². The van der Waals surface area contributed by atoms with Gasteiger partial charge < -0.3 is 15.2 Å². The number of nitrogens with one attached hydrogen (secondary N) is 2. The molecule has 6 nitrogen and oxygen atoms in total. The molecule has 0 aliphatic carbocycles. The molecule has 0 saturated carbocycles. The van der Waals surface area contributed by atoms with Gasteiger partial charge in [-0.3, -0.25) is 15.1 Å². The smallest absolute Gasteiger partial charge is 0.255 e. The fraction of sp³-hybridized carbons (Fsp3) is 0.350. The van der Waals surface area contributed by atoms with Crippen LogP contribution in [0.2, 0.25) is 0 Å². The zero-order valence-corrected chi connectivity index (χ0v) is 16.1. The van der Waals surface area contributed by atoms with Gasteiger partial charge in [0.25, 0.3) is 5.91 Å². The predicted molar refractivity (Wildman–Crippen MR) is 103 cm³/mol. The Morgan fingerprint density at radius 3 is 2.23 bits per heavy atom. The molecule has 0 bridgehead atoms. The number of methoxy groups -OCH3 is 1. The van der Waals surface area contributed by atoms with Crippen LogP contribution in [0.5, 0.6) is 11.5 Å². The van der Waals surface area contributed by atoms with E-state index in [1.807, 2.05) is 19.1 Å². The lowest BCUT2D eigenvalue weighted by Crippen LogP contribution is -2.17. The molecular weight excluding hydrogens is 332 g/mol. The molecule has 0 aliphatic rings. The summed E-state index contributed by atoms with van der Waals surface area (Å²) in [4.78, 5) is 17.7. The van der Waals surface area contributed by atoms with Gasteiger partial charge in [-0.05, 0) is 53.8 Å². The fourth-order valence-electron chi connectivity index (χ4n) is 2.65. The maximum atomic E-state index is 12.7. The van der Waals surface area contributed by atoms with Crippen molar-refractivity contribution < 1.29 is 19.5 Å². The fourth-order valence-corrected chi connectivity index (χ4v) is 2.65. The van der Waals surface area contributed by atoms with Gasteiger partial charge in [-0.25, -0.2) is 0 Å². The topological polar surface area (TPSA) is 79.8 Å². The van der Waals surface area contributed by atoms with Gasteiger partial charge >= 0.3 is 0 Å². The van der Waals surface area contributed by atoms with Crippen LogP contribution in [0.15, 0.2) is 30.3 Å². The van der Waals surface area contributed by atoms with Crippen molar-refractivity contribution in [2.45, 2.75) is 33.1 Å². The Morgan fingerprint density at radius 2 is 1.69 bits per heavy atom. The van der Waals surface area contributed by atoms with Crippen LogP contribution >= 0.6 is 0 Å². The van der Waals surface area contributed by atoms with E-state index in [9.17, 15) is 9.90 Å². The van der Waals surface area contributed by atoms with E-state index in [0.29, 0.717) is 22.7 Å². The van der Waals surface area contributed by atoms with E-state index in [4.69, 9.17) is 9.57 Å². The van der Waals surface area contributed by atoms with Crippen LogP contribution in [-0.2, 0) is 10.3 Å². The van der Waals surface area contributed by atoms with Crippen LogP contribution in [0, 0.1) is 6.92 Å². The Hall–Kier alpha value is -2.73. The second-order valence-electron chi connectivity index (χ2n) is 7.17. The average molecular weight is 358 g/mol. The maximum absolute atomic E-state index is 12.7. The average Bonchev–Trinajstić information content (AvgIpc) is 2.53. The number of aromatic hydroxyl groups is 1. The molecule has 0 unspecified atom stereocenters. The third kappa shape index (κ3) is 4.46. The van der Waals surface area contributed by atoms with Crippen LogP contribution < -0.4 is 15.5 Å². The van der Waals surface area contributed by atoms with Crippen LogP contribution in [-0.4, -0.2) is 25.2 Å². The lowest BCUT2D eigenvalue weighted by atomic mass is 9.86. The number of aryl methyl sites for hydroxylation is 1. The first-order chi connectivity index (χ1) is 12.2. The van der Waals surface area contributed by atoms with E-state index in [1.54, 1.807) is 12.1 Å². The quantitative estimate of drug-likeness (QED) is 0.697. The lowest BCUT2D eigenvalue weighted by Gasteiger charge is -2.23. The monoisotopic (exact) mass is 358 g/mol. The van der Waals surface area contributed by atoms with E-state index >= 15 is 0 Å². The molecule has 2 aromatic rings. The highest BCUT2D eigenvalue weighted by Crippen LogP contribution is 2.39. The summed E-state index contributed by atoms with van der Waals surface area (Å²) in [5.41, 5.74) is 5.95. The van der Waals surface area contributed by atoms with E-state index < -0.39 is 0 Å².